The summed E-state index contributed by atoms with van der Waals surface area (Å²) < 4.78 is 20.9. The van der Waals surface area contributed by atoms with E-state index in [1.165, 1.54) is 0 Å². The van der Waals surface area contributed by atoms with Gasteiger partial charge in [0.2, 0.25) is 0 Å². The maximum Gasteiger partial charge on any atom is 1.00 e. The number of carbonyl (C=O) groups excluding carboxylic acids is 2. The van der Waals surface area contributed by atoms with Crippen LogP contribution in [0.1, 0.15) is 99.2 Å². The molecule has 0 aliphatic heterocycles. The first kappa shape index (κ1) is 35.2. The zero-order valence-corrected chi connectivity index (χ0v) is 23.6. The predicted molar refractivity (Wildman–Crippen MR) is 96.7 cm³/mol. The summed E-state index contributed by atoms with van der Waals surface area (Å²) in [5.41, 5.74) is -2.38. The van der Waals surface area contributed by atoms with E-state index in [1.54, 1.807) is 0 Å². The van der Waals surface area contributed by atoms with Crippen LogP contribution in [0, 0.1) is 0 Å². The molecule has 0 N–H and O–H groups in total. The number of carbonyl (C=O) groups is 2. The van der Waals surface area contributed by atoms with Crippen molar-refractivity contribution in [3.63, 3.8) is 0 Å². The normalized spacial score (nSPS) is 11.4. The van der Waals surface area contributed by atoms with Gasteiger partial charge in [0, 0.05) is 28.0 Å². The Morgan fingerprint density at radius 2 is 0.655 bits per heavy atom. The van der Waals surface area contributed by atoms with Crippen LogP contribution in [0.15, 0.2) is 0 Å². The molecule has 8 nitrogen and oxygen atoms in total. The average molecular weight is 472 g/mol. The Balaban J connectivity index is -0.000000563. The van der Waals surface area contributed by atoms with Gasteiger partial charge in [-0.15, -0.1) is 0 Å². The smallest absolute Gasteiger partial charge is 0.805 e. The van der Waals surface area contributed by atoms with Crippen molar-refractivity contribution >= 4 is 26.2 Å². The third kappa shape index (κ3) is 22.6. The fourth-order valence-electron chi connectivity index (χ4n) is 2.77. The van der Waals surface area contributed by atoms with Gasteiger partial charge in [-0.2, -0.15) is 0 Å². The van der Waals surface area contributed by atoms with E-state index < -0.39 is 26.2 Å². The van der Waals surface area contributed by atoms with Crippen LogP contribution in [-0.4, -0.2) is 11.0 Å². The maximum atomic E-state index is 10.9. The van der Waals surface area contributed by atoms with Gasteiger partial charge in [-0.05, 0) is 12.8 Å². The molecule has 0 spiro atoms. The first-order valence-corrected chi connectivity index (χ1v) is 12.7. The van der Waals surface area contributed by atoms with Gasteiger partial charge in [0.25, 0.3) is 0 Å². The first-order chi connectivity index (χ1) is 12.5. The van der Waals surface area contributed by atoms with E-state index >= 15 is 0 Å². The fraction of sp³-hybridized carbons (Fsp3) is 0.882. The van der Waals surface area contributed by atoms with Crippen LogP contribution in [0.2, 0.25) is 0 Å². The summed E-state index contributed by atoms with van der Waals surface area (Å²) in [5.74, 6) is 0. The minimum atomic E-state index is -5.04. The van der Waals surface area contributed by atoms with Gasteiger partial charge in [-0.1, -0.05) is 70.6 Å². The summed E-state index contributed by atoms with van der Waals surface area (Å²) in [6, 6.07) is 0. The van der Waals surface area contributed by atoms with Crippen LogP contribution in [-0.2, 0) is 18.7 Å². The molecule has 0 saturated carbocycles. The summed E-state index contributed by atoms with van der Waals surface area (Å²) in [7, 11) is -10.1. The van der Waals surface area contributed by atoms with E-state index in [1.807, 2.05) is 0 Å². The number of hydrogen-bond donors (Lipinski definition) is 0. The topological polar surface area (TPSA) is 161 Å². The van der Waals surface area contributed by atoms with E-state index in [9.17, 15) is 38.3 Å². The Morgan fingerprint density at radius 1 is 0.483 bits per heavy atom. The molecule has 0 saturated heterocycles. The van der Waals surface area contributed by atoms with Gasteiger partial charge in [-0.3, -0.25) is 9.59 Å². The molecule has 12 heteroatoms. The van der Waals surface area contributed by atoms with Crippen molar-refractivity contribution in [1.82, 2.24) is 0 Å². The summed E-state index contributed by atoms with van der Waals surface area (Å²) in [6.07, 6.45) is 11.5. The van der Waals surface area contributed by atoms with Gasteiger partial charge < -0.3 is 28.7 Å². The average Bonchev–Trinajstić information content (AvgIpc) is 2.56. The van der Waals surface area contributed by atoms with Crippen molar-refractivity contribution in [2.24, 2.45) is 0 Å². The molecule has 0 aliphatic rings. The van der Waals surface area contributed by atoms with Crippen LogP contribution >= 0.6 is 15.2 Å². The summed E-state index contributed by atoms with van der Waals surface area (Å²) in [4.78, 5) is 63.6. The van der Waals surface area contributed by atoms with Crippen LogP contribution < -0.4 is 78.7 Å². The Bertz CT molecular complexity index is 498. The third-order valence-corrected chi connectivity index (χ3v) is 6.06. The molecule has 0 bridgehead atoms. The monoisotopic (exact) mass is 472 g/mol. The summed E-state index contributed by atoms with van der Waals surface area (Å²) >= 11 is 0. The zero-order valence-electron chi connectivity index (χ0n) is 19.8. The van der Waals surface area contributed by atoms with Crippen LogP contribution in [0.3, 0.4) is 0 Å². The van der Waals surface area contributed by atoms with Crippen molar-refractivity contribution in [3.05, 3.63) is 0 Å². The molecule has 0 aromatic heterocycles. The molecule has 0 atom stereocenters. The van der Waals surface area contributed by atoms with Crippen molar-refractivity contribution in [2.45, 2.75) is 96.3 Å². The molecule has 29 heavy (non-hydrogen) atoms. The van der Waals surface area contributed by atoms with E-state index in [4.69, 9.17) is 0 Å². The van der Waals surface area contributed by atoms with E-state index in [0.717, 1.165) is 70.6 Å². The molecular formula is C17H32Na2O8P2. The standard InChI is InChI=1S/C17H34O8P2.2Na/c18-16(26(20,21)22)14-12-10-8-6-4-2-1-3-5-7-9-11-13-15-17(19)27(23,24)25;;/h1-15H2,(H2,20,21,22)(H2,23,24,25);;/q;2*+1/p-2. The molecule has 0 aliphatic carbocycles. The molecule has 160 valence electrons. The second kappa shape index (κ2) is 20.3. The molecule has 0 aromatic carbocycles. The Labute approximate surface area is 221 Å². The quantitative estimate of drug-likeness (QED) is 0.111. The van der Waals surface area contributed by atoms with Gasteiger partial charge in [0.1, 0.15) is 0 Å². The Morgan fingerprint density at radius 3 is 0.828 bits per heavy atom. The largest absolute Gasteiger partial charge is 1.00 e. The molecule has 0 amide bonds. The van der Waals surface area contributed by atoms with E-state index in [-0.39, 0.29) is 74.8 Å². The van der Waals surface area contributed by atoms with Crippen LogP contribution in [0.25, 0.3) is 0 Å². The van der Waals surface area contributed by atoms with Gasteiger partial charge >= 0.3 is 62.0 Å². The second-order valence-corrected chi connectivity index (χ2v) is 9.87. The Kier molecular flexibility index (Phi) is 24.6. The number of unbranched alkanes of at least 4 members (excludes halogenated alkanes) is 12. The zero-order chi connectivity index (χ0) is 20.8. The SMILES string of the molecule is O=C(CCCCCCCCCCCCCCCC(=O)P(=O)([O-])[O-])P(=O)([O-])[O-].[H+].[H+].[Na+].[Na+]. The first-order valence-electron chi connectivity index (χ1n) is 9.66. The number of rotatable bonds is 18. The number of hydrogen-bond acceptors (Lipinski definition) is 8. The Hall–Kier alpha value is 1.64. The molecule has 0 radical (unpaired) electrons. The van der Waals surface area contributed by atoms with Crippen LogP contribution in [0.5, 0.6) is 0 Å². The summed E-state index contributed by atoms with van der Waals surface area (Å²) in [5, 5.41) is 0. The van der Waals surface area contributed by atoms with E-state index in [2.05, 4.69) is 0 Å². The predicted octanol–water partition coefficient (Wildman–Crippen LogP) is -4.05. The molecule has 0 rings (SSSR count). The third-order valence-electron chi connectivity index (χ3n) is 4.39. The second-order valence-electron chi connectivity index (χ2n) is 6.88. The minimum absolute atomic E-state index is 0. The van der Waals surface area contributed by atoms with Crippen molar-refractivity contribution in [3.8, 4) is 0 Å². The van der Waals surface area contributed by atoms with Crippen molar-refractivity contribution < 1.29 is 100 Å². The molecule has 0 aromatic rings. The van der Waals surface area contributed by atoms with Gasteiger partial charge in [-0.25, -0.2) is 0 Å². The molecular weight excluding hydrogens is 440 g/mol. The van der Waals surface area contributed by atoms with Gasteiger partial charge in [0.15, 0.2) is 11.0 Å². The molecule has 0 fully saturated rings. The molecule has 0 unspecified atom stereocenters. The molecule has 0 heterocycles. The maximum absolute atomic E-state index is 10.9. The summed E-state index contributed by atoms with van der Waals surface area (Å²) in [6.45, 7) is 0. The minimum Gasteiger partial charge on any atom is -0.805 e. The van der Waals surface area contributed by atoms with Gasteiger partial charge in [0.05, 0.1) is 0 Å². The van der Waals surface area contributed by atoms with Crippen molar-refractivity contribution in [1.29, 1.82) is 0 Å². The fourth-order valence-corrected chi connectivity index (χ4v) is 3.63. The van der Waals surface area contributed by atoms with Crippen molar-refractivity contribution in [2.75, 3.05) is 0 Å². The van der Waals surface area contributed by atoms with E-state index in [0.29, 0.717) is 12.8 Å². The van der Waals surface area contributed by atoms with Crippen LogP contribution in [0.4, 0.5) is 0 Å².